The predicted molar refractivity (Wildman–Crippen MR) is 91.5 cm³/mol. The molecule has 3 rings (SSSR count). The molecule has 1 fully saturated rings. The second-order valence-electron chi connectivity index (χ2n) is 6.08. The number of nitrogens with zero attached hydrogens (tertiary/aromatic N) is 1. The average Bonchev–Trinajstić information content (AvgIpc) is 2.59. The molecular formula is C19H18ClF2NO2. The highest BCUT2D eigenvalue weighted by Gasteiger charge is 2.26. The normalized spacial score (nSPS) is 17.6. The molecule has 0 unspecified atom stereocenters. The van der Waals surface area contributed by atoms with Crippen LogP contribution in [0.15, 0.2) is 42.5 Å². The smallest absolute Gasteiger partial charge is 0.255 e. The fraction of sp³-hybridized carbons (Fsp3) is 0.316. The number of carbonyl (C=O) groups excluding carboxylic acids is 1. The highest BCUT2D eigenvalue weighted by molar-refractivity contribution is 6.33. The van der Waals surface area contributed by atoms with Crippen LogP contribution in [0.4, 0.5) is 8.78 Å². The van der Waals surface area contributed by atoms with Crippen LogP contribution in [0.5, 0.6) is 0 Å². The first-order valence-corrected chi connectivity index (χ1v) is 8.51. The van der Waals surface area contributed by atoms with Gasteiger partial charge in [0, 0.05) is 19.2 Å². The zero-order valence-electron chi connectivity index (χ0n) is 13.6. The van der Waals surface area contributed by atoms with Gasteiger partial charge in [0.25, 0.3) is 5.91 Å². The maximum atomic E-state index is 13.2. The number of amides is 1. The molecule has 0 aromatic heterocycles. The molecule has 1 atom stereocenters. The highest BCUT2D eigenvalue weighted by atomic mass is 35.5. The molecule has 1 saturated heterocycles. The average molecular weight is 366 g/mol. The van der Waals surface area contributed by atoms with E-state index in [-0.39, 0.29) is 18.6 Å². The summed E-state index contributed by atoms with van der Waals surface area (Å²) in [6.07, 6.45) is 1.43. The number of piperidine rings is 1. The van der Waals surface area contributed by atoms with Crippen molar-refractivity contribution in [2.45, 2.75) is 25.6 Å². The molecule has 3 nitrogen and oxygen atoms in total. The van der Waals surface area contributed by atoms with Crippen LogP contribution < -0.4 is 0 Å². The number of rotatable bonds is 4. The standard InChI is InChI=1S/C19H18ClF2NO2/c20-18-6-2-1-5-17(18)19(24)23-7-3-4-16(11-23)25-12-13-8-14(21)10-15(22)9-13/h1-2,5-6,8-10,16H,3-4,7,11-12H2/t16-/m1/s1. The van der Waals surface area contributed by atoms with Gasteiger partial charge in [-0.15, -0.1) is 0 Å². The summed E-state index contributed by atoms with van der Waals surface area (Å²) in [5.74, 6) is -1.38. The van der Waals surface area contributed by atoms with Crippen LogP contribution >= 0.6 is 11.6 Å². The first kappa shape index (κ1) is 17.8. The van der Waals surface area contributed by atoms with Gasteiger partial charge in [-0.25, -0.2) is 8.78 Å². The lowest BCUT2D eigenvalue weighted by Gasteiger charge is -2.33. The molecule has 0 spiro atoms. The minimum Gasteiger partial charge on any atom is -0.372 e. The summed E-state index contributed by atoms with van der Waals surface area (Å²) < 4.78 is 32.2. The van der Waals surface area contributed by atoms with Gasteiger partial charge in [-0.1, -0.05) is 23.7 Å². The summed E-state index contributed by atoms with van der Waals surface area (Å²) in [5.41, 5.74) is 0.907. The third-order valence-corrected chi connectivity index (χ3v) is 4.51. The quantitative estimate of drug-likeness (QED) is 0.801. The number of likely N-dealkylation sites (tertiary alicyclic amines) is 1. The Kier molecular flexibility index (Phi) is 5.66. The zero-order valence-corrected chi connectivity index (χ0v) is 14.3. The summed E-state index contributed by atoms with van der Waals surface area (Å²) in [7, 11) is 0. The molecule has 0 aliphatic carbocycles. The highest BCUT2D eigenvalue weighted by Crippen LogP contribution is 2.21. The van der Waals surface area contributed by atoms with Crippen LogP contribution in [0.3, 0.4) is 0 Å². The van der Waals surface area contributed by atoms with Crippen molar-refractivity contribution in [3.8, 4) is 0 Å². The molecule has 0 bridgehead atoms. The third kappa shape index (κ3) is 4.55. The van der Waals surface area contributed by atoms with Crippen molar-refractivity contribution in [2.75, 3.05) is 13.1 Å². The van der Waals surface area contributed by atoms with Crippen molar-refractivity contribution in [3.05, 3.63) is 70.2 Å². The van der Waals surface area contributed by atoms with Gasteiger partial charge in [0.1, 0.15) is 11.6 Å². The van der Waals surface area contributed by atoms with Crippen molar-refractivity contribution < 1.29 is 18.3 Å². The number of hydrogen-bond donors (Lipinski definition) is 0. The second kappa shape index (κ2) is 7.93. The Morgan fingerprint density at radius 3 is 2.64 bits per heavy atom. The van der Waals surface area contributed by atoms with E-state index >= 15 is 0 Å². The summed E-state index contributed by atoms with van der Waals surface area (Å²) in [6.45, 7) is 1.17. The Morgan fingerprint density at radius 2 is 1.92 bits per heavy atom. The van der Waals surface area contributed by atoms with Gasteiger partial charge in [0.05, 0.1) is 23.3 Å². The van der Waals surface area contributed by atoms with Gasteiger partial charge in [0.2, 0.25) is 0 Å². The first-order valence-electron chi connectivity index (χ1n) is 8.13. The zero-order chi connectivity index (χ0) is 17.8. The number of halogens is 3. The molecule has 2 aromatic carbocycles. The predicted octanol–water partition coefficient (Wildman–Crippen LogP) is 4.44. The Morgan fingerprint density at radius 1 is 1.20 bits per heavy atom. The Balaban J connectivity index is 1.61. The van der Waals surface area contributed by atoms with Crippen LogP contribution in [0.1, 0.15) is 28.8 Å². The van der Waals surface area contributed by atoms with E-state index in [1.807, 2.05) is 0 Å². The van der Waals surface area contributed by atoms with E-state index < -0.39 is 11.6 Å². The van der Waals surface area contributed by atoms with Gasteiger partial charge < -0.3 is 9.64 Å². The summed E-state index contributed by atoms with van der Waals surface area (Å²) >= 11 is 6.10. The van der Waals surface area contributed by atoms with Gasteiger partial charge in [-0.05, 0) is 42.7 Å². The molecule has 2 aromatic rings. The fourth-order valence-corrected chi connectivity index (χ4v) is 3.19. The number of ether oxygens (including phenoxy) is 1. The monoisotopic (exact) mass is 365 g/mol. The van der Waals surface area contributed by atoms with Crippen molar-refractivity contribution in [1.29, 1.82) is 0 Å². The topological polar surface area (TPSA) is 29.5 Å². The van der Waals surface area contributed by atoms with Crippen LogP contribution in [0.2, 0.25) is 5.02 Å². The maximum Gasteiger partial charge on any atom is 0.255 e. The van der Waals surface area contributed by atoms with Gasteiger partial charge in [-0.2, -0.15) is 0 Å². The van der Waals surface area contributed by atoms with Crippen molar-refractivity contribution in [2.24, 2.45) is 0 Å². The van der Waals surface area contributed by atoms with E-state index in [1.165, 1.54) is 12.1 Å². The lowest BCUT2D eigenvalue weighted by atomic mass is 10.1. The summed E-state index contributed by atoms with van der Waals surface area (Å²) in [5, 5.41) is 0.422. The third-order valence-electron chi connectivity index (χ3n) is 4.18. The van der Waals surface area contributed by atoms with Gasteiger partial charge in [0.15, 0.2) is 0 Å². The lowest BCUT2D eigenvalue weighted by Crippen LogP contribution is -2.43. The van der Waals surface area contributed by atoms with Gasteiger partial charge in [-0.3, -0.25) is 4.79 Å². The second-order valence-corrected chi connectivity index (χ2v) is 6.49. The lowest BCUT2D eigenvalue weighted by molar-refractivity contribution is -0.00686. The number of hydrogen-bond acceptors (Lipinski definition) is 2. The SMILES string of the molecule is O=C(c1ccccc1Cl)N1CCC[C@@H](OCc2cc(F)cc(F)c2)C1. The molecule has 132 valence electrons. The van der Waals surface area contributed by atoms with E-state index in [1.54, 1.807) is 29.2 Å². The van der Waals surface area contributed by atoms with E-state index in [0.29, 0.717) is 29.2 Å². The van der Waals surface area contributed by atoms with E-state index in [9.17, 15) is 13.6 Å². The molecule has 6 heteroatoms. The summed E-state index contributed by atoms with van der Waals surface area (Å²) in [4.78, 5) is 14.3. The largest absolute Gasteiger partial charge is 0.372 e. The van der Waals surface area contributed by atoms with Crippen LogP contribution in [-0.2, 0) is 11.3 Å². The summed E-state index contributed by atoms with van der Waals surface area (Å²) in [6, 6.07) is 10.3. The number of carbonyl (C=O) groups is 1. The maximum absolute atomic E-state index is 13.2. The molecular weight excluding hydrogens is 348 g/mol. The van der Waals surface area contributed by atoms with E-state index in [0.717, 1.165) is 18.9 Å². The minimum absolute atomic E-state index is 0.105. The first-order chi connectivity index (χ1) is 12.0. The van der Waals surface area contributed by atoms with Gasteiger partial charge >= 0.3 is 0 Å². The van der Waals surface area contributed by atoms with Crippen LogP contribution in [0.25, 0.3) is 0 Å². The molecule has 0 N–H and O–H groups in total. The fourth-order valence-electron chi connectivity index (χ4n) is 2.97. The molecule has 1 aliphatic rings. The molecule has 0 saturated carbocycles. The Bertz CT molecular complexity index is 749. The number of benzene rings is 2. The molecule has 1 amide bonds. The van der Waals surface area contributed by atoms with Crippen molar-refractivity contribution in [3.63, 3.8) is 0 Å². The Hall–Kier alpha value is -1.98. The minimum atomic E-state index is -0.627. The van der Waals surface area contributed by atoms with Crippen LogP contribution in [-0.4, -0.2) is 30.0 Å². The van der Waals surface area contributed by atoms with E-state index in [4.69, 9.17) is 16.3 Å². The molecule has 1 heterocycles. The molecule has 0 radical (unpaired) electrons. The molecule has 1 aliphatic heterocycles. The van der Waals surface area contributed by atoms with E-state index in [2.05, 4.69) is 0 Å². The van der Waals surface area contributed by atoms with Crippen LogP contribution in [0, 0.1) is 11.6 Å². The Labute approximate surface area is 150 Å². The molecule has 25 heavy (non-hydrogen) atoms. The van der Waals surface area contributed by atoms with Crippen molar-refractivity contribution in [1.82, 2.24) is 4.90 Å². The van der Waals surface area contributed by atoms with Crippen molar-refractivity contribution >= 4 is 17.5 Å².